The van der Waals surface area contributed by atoms with Gasteiger partial charge in [0.1, 0.15) is 17.2 Å². The molecule has 2 aromatic rings. The molecule has 31 heavy (non-hydrogen) atoms. The topological polar surface area (TPSA) is 69.1 Å². The molecule has 8 nitrogen and oxygen atoms in total. The molecule has 1 fully saturated rings. The summed E-state index contributed by atoms with van der Waals surface area (Å²) in [5.74, 6) is 1.57. The van der Waals surface area contributed by atoms with Crippen LogP contribution in [-0.2, 0) is 9.47 Å². The predicted molar refractivity (Wildman–Crippen MR) is 120 cm³/mol. The van der Waals surface area contributed by atoms with E-state index < -0.39 is 5.60 Å². The summed E-state index contributed by atoms with van der Waals surface area (Å²) in [7, 11) is 3.31. The number of pyridine rings is 1. The number of anilines is 1. The van der Waals surface area contributed by atoms with Crippen LogP contribution in [0.15, 0.2) is 24.4 Å². The largest absolute Gasteiger partial charge is 0.494 e. The van der Waals surface area contributed by atoms with Crippen molar-refractivity contribution in [3.8, 4) is 11.6 Å². The summed E-state index contributed by atoms with van der Waals surface area (Å²) < 4.78 is 18.8. The third-order valence-electron chi connectivity index (χ3n) is 5.36. The average Bonchev–Trinajstić information content (AvgIpc) is 3.04. The van der Waals surface area contributed by atoms with Crippen LogP contribution in [0.5, 0.6) is 5.75 Å². The Labute approximate surface area is 184 Å². The third-order valence-corrected chi connectivity index (χ3v) is 5.36. The number of amides is 1. The summed E-state index contributed by atoms with van der Waals surface area (Å²) in [6.45, 7) is 11.9. The van der Waals surface area contributed by atoms with Gasteiger partial charge in [0.15, 0.2) is 0 Å². The number of nitrogens with zero attached hydrogens (tertiary/aromatic N) is 4. The van der Waals surface area contributed by atoms with Gasteiger partial charge in [-0.3, -0.25) is 4.90 Å². The number of hydrogen-bond acceptors (Lipinski definition) is 6. The highest BCUT2D eigenvalue weighted by molar-refractivity contribution is 5.69. The first-order valence-electron chi connectivity index (χ1n) is 10.6. The minimum Gasteiger partial charge on any atom is -0.494 e. The van der Waals surface area contributed by atoms with Crippen LogP contribution < -0.4 is 9.64 Å². The zero-order chi connectivity index (χ0) is 22.8. The van der Waals surface area contributed by atoms with Crippen molar-refractivity contribution in [1.82, 2.24) is 14.5 Å². The smallest absolute Gasteiger partial charge is 0.410 e. The molecular weight excluding hydrogens is 396 g/mol. The highest BCUT2D eigenvalue weighted by Gasteiger charge is 2.34. The number of aryl methyl sites for hydroxylation is 2. The van der Waals surface area contributed by atoms with Gasteiger partial charge in [-0.25, -0.2) is 9.78 Å². The van der Waals surface area contributed by atoms with Gasteiger partial charge in [-0.05, 0) is 46.8 Å². The Morgan fingerprint density at radius 3 is 2.42 bits per heavy atom. The van der Waals surface area contributed by atoms with Gasteiger partial charge in [0, 0.05) is 44.2 Å². The minimum atomic E-state index is -0.538. The van der Waals surface area contributed by atoms with Crippen molar-refractivity contribution < 1.29 is 19.0 Å². The zero-order valence-electron chi connectivity index (χ0n) is 19.6. The number of ether oxygens (including phenoxy) is 3. The molecule has 170 valence electrons. The van der Waals surface area contributed by atoms with Crippen molar-refractivity contribution in [3.63, 3.8) is 0 Å². The summed E-state index contributed by atoms with van der Waals surface area (Å²) in [5, 5.41) is 0. The molecule has 0 radical (unpaired) electrons. The highest BCUT2D eigenvalue weighted by atomic mass is 16.6. The molecule has 1 aliphatic rings. The molecule has 1 aliphatic heterocycles. The fraction of sp³-hybridized carbons (Fsp3) is 0.565. The van der Waals surface area contributed by atoms with E-state index in [1.165, 1.54) is 0 Å². The van der Waals surface area contributed by atoms with Gasteiger partial charge in [-0.1, -0.05) is 0 Å². The van der Waals surface area contributed by atoms with Crippen molar-refractivity contribution in [2.45, 2.75) is 46.3 Å². The van der Waals surface area contributed by atoms with Crippen LogP contribution >= 0.6 is 0 Å². The second kappa shape index (κ2) is 9.18. The molecular formula is C23H34N4O4. The van der Waals surface area contributed by atoms with Gasteiger partial charge in [0.05, 0.1) is 31.6 Å². The van der Waals surface area contributed by atoms with Gasteiger partial charge in [0.2, 0.25) is 0 Å². The first-order valence-corrected chi connectivity index (χ1v) is 10.6. The molecule has 1 unspecified atom stereocenters. The van der Waals surface area contributed by atoms with Gasteiger partial charge in [-0.15, -0.1) is 0 Å². The molecule has 3 rings (SSSR count). The molecule has 0 aromatic carbocycles. The van der Waals surface area contributed by atoms with Crippen LogP contribution in [0.4, 0.5) is 10.5 Å². The fourth-order valence-electron chi connectivity index (χ4n) is 3.94. The standard InChI is InChI=1S/C23H34N4O4/c1-16-8-9-17(2)27(16)21-12-20(30-7)19(13-24-21)25-10-11-26(18(14-25)15-29-6)22(28)31-23(3,4)5/h8-9,12-13,18H,10-11,14-15H2,1-7H3. The number of aromatic nitrogens is 2. The van der Waals surface area contributed by atoms with Gasteiger partial charge in [0.25, 0.3) is 0 Å². The van der Waals surface area contributed by atoms with E-state index in [0.29, 0.717) is 26.2 Å². The Hall–Kier alpha value is -2.74. The van der Waals surface area contributed by atoms with E-state index in [-0.39, 0.29) is 12.1 Å². The molecule has 0 spiro atoms. The first kappa shape index (κ1) is 22.9. The van der Waals surface area contributed by atoms with Crippen molar-refractivity contribution in [1.29, 1.82) is 0 Å². The third kappa shape index (κ3) is 5.12. The second-order valence-electron chi connectivity index (χ2n) is 8.89. The number of carbonyl (C=O) groups excluding carboxylic acids is 1. The van der Waals surface area contributed by atoms with Crippen LogP contribution in [0.3, 0.4) is 0 Å². The van der Waals surface area contributed by atoms with Crippen LogP contribution in [0.1, 0.15) is 32.2 Å². The maximum Gasteiger partial charge on any atom is 0.410 e. The zero-order valence-corrected chi connectivity index (χ0v) is 19.6. The summed E-state index contributed by atoms with van der Waals surface area (Å²) in [5.41, 5.74) is 2.60. The minimum absolute atomic E-state index is 0.132. The van der Waals surface area contributed by atoms with E-state index in [0.717, 1.165) is 28.6 Å². The lowest BCUT2D eigenvalue weighted by Gasteiger charge is -2.42. The van der Waals surface area contributed by atoms with E-state index in [1.807, 2.05) is 33.0 Å². The number of rotatable bonds is 5. The Kier molecular flexibility index (Phi) is 6.79. The Bertz CT molecular complexity index is 899. The first-order chi connectivity index (χ1) is 14.6. The molecule has 0 saturated carbocycles. The number of methoxy groups -OCH3 is 2. The van der Waals surface area contributed by atoms with Crippen molar-refractivity contribution in [3.05, 3.63) is 35.8 Å². The summed E-state index contributed by atoms with van der Waals surface area (Å²) in [6, 6.07) is 5.97. The molecule has 0 N–H and O–H groups in total. The van der Waals surface area contributed by atoms with Crippen LogP contribution in [0, 0.1) is 13.8 Å². The second-order valence-corrected chi connectivity index (χ2v) is 8.89. The fourth-order valence-corrected chi connectivity index (χ4v) is 3.94. The van der Waals surface area contributed by atoms with E-state index in [4.69, 9.17) is 19.2 Å². The Balaban J connectivity index is 1.84. The maximum absolute atomic E-state index is 12.7. The van der Waals surface area contributed by atoms with E-state index in [1.54, 1.807) is 19.1 Å². The highest BCUT2D eigenvalue weighted by Crippen LogP contribution is 2.32. The molecule has 0 bridgehead atoms. The number of hydrogen-bond donors (Lipinski definition) is 0. The lowest BCUT2D eigenvalue weighted by Crippen LogP contribution is -2.57. The number of piperazine rings is 1. The summed E-state index contributed by atoms with van der Waals surface area (Å²) in [4.78, 5) is 21.3. The van der Waals surface area contributed by atoms with Gasteiger partial charge >= 0.3 is 6.09 Å². The van der Waals surface area contributed by atoms with Crippen molar-refractivity contribution in [2.75, 3.05) is 45.4 Å². The lowest BCUT2D eigenvalue weighted by molar-refractivity contribution is 0.00341. The summed E-state index contributed by atoms with van der Waals surface area (Å²) in [6.07, 6.45) is 1.54. The molecule has 3 heterocycles. The Morgan fingerprint density at radius 1 is 1.16 bits per heavy atom. The van der Waals surface area contributed by atoms with Crippen LogP contribution in [0.25, 0.3) is 5.82 Å². The monoisotopic (exact) mass is 430 g/mol. The van der Waals surface area contributed by atoms with E-state index >= 15 is 0 Å². The van der Waals surface area contributed by atoms with E-state index in [2.05, 4.69) is 35.4 Å². The Morgan fingerprint density at radius 2 is 1.84 bits per heavy atom. The number of carbonyl (C=O) groups is 1. The van der Waals surface area contributed by atoms with Crippen molar-refractivity contribution in [2.24, 2.45) is 0 Å². The van der Waals surface area contributed by atoms with E-state index in [9.17, 15) is 4.79 Å². The van der Waals surface area contributed by atoms with Crippen LogP contribution in [-0.4, -0.2) is 72.6 Å². The normalized spacial score (nSPS) is 17.1. The molecule has 8 heteroatoms. The lowest BCUT2D eigenvalue weighted by atomic mass is 10.1. The molecule has 2 aromatic heterocycles. The summed E-state index contributed by atoms with van der Waals surface area (Å²) >= 11 is 0. The van der Waals surface area contributed by atoms with Crippen LogP contribution in [0.2, 0.25) is 0 Å². The predicted octanol–water partition coefficient (Wildman–Crippen LogP) is 3.57. The molecule has 1 saturated heterocycles. The molecule has 1 amide bonds. The van der Waals surface area contributed by atoms with Crippen molar-refractivity contribution >= 4 is 11.8 Å². The molecule has 1 atom stereocenters. The average molecular weight is 431 g/mol. The van der Waals surface area contributed by atoms with Gasteiger partial charge in [-0.2, -0.15) is 0 Å². The van der Waals surface area contributed by atoms with Gasteiger partial charge < -0.3 is 23.7 Å². The molecule has 0 aliphatic carbocycles. The quantitative estimate of drug-likeness (QED) is 0.722. The SMILES string of the molecule is COCC1CN(c2cnc(-n3c(C)ccc3C)cc2OC)CCN1C(=O)OC(C)(C)C. The maximum atomic E-state index is 12.7.